The van der Waals surface area contributed by atoms with Crippen LogP contribution in [-0.2, 0) is 9.84 Å². The molecule has 5 heteroatoms. The SMILES string of the molecule is CNC(c1ccc(Cl)cc1)C(C)S(C)(=O)=O. The topological polar surface area (TPSA) is 46.2 Å². The summed E-state index contributed by atoms with van der Waals surface area (Å²) in [5, 5.41) is 3.19. The molecule has 1 aromatic carbocycles. The van der Waals surface area contributed by atoms with E-state index in [0.29, 0.717) is 5.02 Å². The molecule has 0 radical (unpaired) electrons. The van der Waals surface area contributed by atoms with Crippen LogP contribution in [0.1, 0.15) is 18.5 Å². The number of nitrogens with one attached hydrogen (secondary N) is 1. The number of sulfone groups is 1. The summed E-state index contributed by atoms with van der Waals surface area (Å²) in [5.74, 6) is 0. The Morgan fingerprint density at radius 3 is 2.12 bits per heavy atom. The van der Waals surface area contributed by atoms with Crippen LogP contribution < -0.4 is 5.32 Å². The first-order valence-electron chi connectivity index (χ1n) is 4.98. The molecule has 0 spiro atoms. The molecule has 0 bridgehead atoms. The number of halogens is 1. The van der Waals surface area contributed by atoms with Crippen LogP contribution in [0.3, 0.4) is 0 Å². The lowest BCUT2D eigenvalue weighted by atomic mass is 10.0. The van der Waals surface area contributed by atoms with E-state index in [1.807, 2.05) is 12.1 Å². The van der Waals surface area contributed by atoms with Gasteiger partial charge in [0, 0.05) is 17.3 Å². The van der Waals surface area contributed by atoms with Gasteiger partial charge in [-0.05, 0) is 31.7 Å². The highest BCUT2D eigenvalue weighted by molar-refractivity contribution is 7.91. The summed E-state index contributed by atoms with van der Waals surface area (Å²) >= 11 is 5.79. The van der Waals surface area contributed by atoms with Crippen molar-refractivity contribution in [3.05, 3.63) is 34.9 Å². The smallest absolute Gasteiger partial charge is 0.151 e. The van der Waals surface area contributed by atoms with Crippen molar-refractivity contribution in [1.29, 1.82) is 0 Å². The van der Waals surface area contributed by atoms with E-state index in [1.54, 1.807) is 26.1 Å². The van der Waals surface area contributed by atoms with E-state index in [9.17, 15) is 8.42 Å². The number of hydrogen-bond acceptors (Lipinski definition) is 3. The van der Waals surface area contributed by atoms with E-state index in [0.717, 1.165) is 5.56 Å². The summed E-state index contributed by atoms with van der Waals surface area (Å²) in [7, 11) is -1.32. The van der Waals surface area contributed by atoms with Gasteiger partial charge in [-0.15, -0.1) is 0 Å². The fourth-order valence-electron chi connectivity index (χ4n) is 1.59. The molecule has 0 aliphatic heterocycles. The lowest BCUT2D eigenvalue weighted by Crippen LogP contribution is -2.32. The Hall–Kier alpha value is -0.580. The standard InChI is InChI=1S/C11H16ClNO2S/c1-8(16(3,14)15)11(13-2)9-4-6-10(12)7-5-9/h4-8,11,13H,1-3H3. The van der Waals surface area contributed by atoms with Crippen LogP contribution in [0.2, 0.25) is 5.02 Å². The van der Waals surface area contributed by atoms with E-state index < -0.39 is 15.1 Å². The molecule has 0 aromatic heterocycles. The third-order valence-electron chi connectivity index (χ3n) is 2.68. The first kappa shape index (κ1) is 13.5. The molecule has 2 unspecified atom stereocenters. The lowest BCUT2D eigenvalue weighted by molar-refractivity contribution is 0.535. The van der Waals surface area contributed by atoms with E-state index in [2.05, 4.69) is 5.32 Å². The molecule has 2 atom stereocenters. The Bertz CT molecular complexity index is 442. The molecule has 0 fully saturated rings. The van der Waals surface area contributed by atoms with Crippen molar-refractivity contribution in [1.82, 2.24) is 5.32 Å². The highest BCUT2D eigenvalue weighted by Crippen LogP contribution is 2.22. The minimum Gasteiger partial charge on any atom is -0.312 e. The fourth-order valence-corrected chi connectivity index (χ4v) is 2.50. The van der Waals surface area contributed by atoms with Crippen molar-refractivity contribution >= 4 is 21.4 Å². The molecule has 0 aliphatic carbocycles. The van der Waals surface area contributed by atoms with Crippen LogP contribution in [0.25, 0.3) is 0 Å². The number of rotatable bonds is 4. The zero-order chi connectivity index (χ0) is 12.3. The third kappa shape index (κ3) is 3.20. The average molecular weight is 262 g/mol. The molecule has 0 amide bonds. The Labute approximate surface area is 102 Å². The summed E-state index contributed by atoms with van der Waals surface area (Å²) < 4.78 is 23.0. The normalized spacial score (nSPS) is 15.8. The molecule has 3 nitrogen and oxygen atoms in total. The van der Waals surface area contributed by atoms with Crippen LogP contribution in [0.5, 0.6) is 0 Å². The van der Waals surface area contributed by atoms with Crippen LogP contribution in [0.15, 0.2) is 24.3 Å². The molecular formula is C11H16ClNO2S. The van der Waals surface area contributed by atoms with Crippen molar-refractivity contribution in [2.24, 2.45) is 0 Å². The van der Waals surface area contributed by atoms with Crippen molar-refractivity contribution in [2.75, 3.05) is 13.3 Å². The van der Waals surface area contributed by atoms with Gasteiger partial charge in [-0.1, -0.05) is 23.7 Å². The van der Waals surface area contributed by atoms with E-state index in [1.165, 1.54) is 6.26 Å². The van der Waals surface area contributed by atoms with Crippen LogP contribution in [-0.4, -0.2) is 27.0 Å². The van der Waals surface area contributed by atoms with Crippen molar-refractivity contribution in [3.8, 4) is 0 Å². The van der Waals surface area contributed by atoms with Crippen molar-refractivity contribution in [3.63, 3.8) is 0 Å². The summed E-state index contributed by atoms with van der Waals surface area (Å²) in [6.07, 6.45) is 1.25. The quantitative estimate of drug-likeness (QED) is 0.902. The van der Waals surface area contributed by atoms with Crippen molar-refractivity contribution in [2.45, 2.75) is 18.2 Å². The molecule has 16 heavy (non-hydrogen) atoms. The van der Waals surface area contributed by atoms with Gasteiger partial charge in [-0.3, -0.25) is 0 Å². The molecule has 0 heterocycles. The highest BCUT2D eigenvalue weighted by Gasteiger charge is 2.25. The van der Waals surface area contributed by atoms with Gasteiger partial charge in [0.2, 0.25) is 0 Å². The Morgan fingerprint density at radius 1 is 1.25 bits per heavy atom. The minimum absolute atomic E-state index is 0.215. The van der Waals surface area contributed by atoms with Crippen LogP contribution in [0, 0.1) is 0 Å². The minimum atomic E-state index is -3.07. The van der Waals surface area contributed by atoms with Gasteiger partial charge in [0.1, 0.15) is 0 Å². The monoisotopic (exact) mass is 261 g/mol. The first-order chi connectivity index (χ1) is 7.36. The maximum atomic E-state index is 11.5. The molecular weight excluding hydrogens is 246 g/mol. The fraction of sp³-hybridized carbons (Fsp3) is 0.455. The zero-order valence-electron chi connectivity index (χ0n) is 9.57. The van der Waals surface area contributed by atoms with Crippen molar-refractivity contribution < 1.29 is 8.42 Å². The van der Waals surface area contributed by atoms with Gasteiger partial charge >= 0.3 is 0 Å². The average Bonchev–Trinajstić information content (AvgIpc) is 2.20. The Kier molecular flexibility index (Phi) is 4.35. The van der Waals surface area contributed by atoms with E-state index >= 15 is 0 Å². The molecule has 1 aromatic rings. The van der Waals surface area contributed by atoms with Gasteiger partial charge in [0.15, 0.2) is 9.84 Å². The van der Waals surface area contributed by atoms with Gasteiger partial charge in [-0.25, -0.2) is 8.42 Å². The Morgan fingerprint density at radius 2 is 1.75 bits per heavy atom. The molecule has 0 saturated heterocycles. The summed E-state index contributed by atoms with van der Waals surface area (Å²) in [6.45, 7) is 1.70. The maximum absolute atomic E-state index is 11.5. The van der Waals surface area contributed by atoms with Gasteiger partial charge in [0.25, 0.3) is 0 Å². The summed E-state index contributed by atoms with van der Waals surface area (Å²) in [4.78, 5) is 0. The molecule has 0 aliphatic rings. The molecule has 90 valence electrons. The second-order valence-electron chi connectivity index (χ2n) is 3.85. The van der Waals surface area contributed by atoms with Gasteiger partial charge < -0.3 is 5.32 Å². The van der Waals surface area contributed by atoms with Gasteiger partial charge in [-0.2, -0.15) is 0 Å². The lowest BCUT2D eigenvalue weighted by Gasteiger charge is -2.22. The van der Waals surface area contributed by atoms with Gasteiger partial charge in [0.05, 0.1) is 5.25 Å². The zero-order valence-corrected chi connectivity index (χ0v) is 11.1. The number of benzene rings is 1. The predicted molar refractivity (Wildman–Crippen MR) is 67.6 cm³/mol. The third-order valence-corrected chi connectivity index (χ3v) is 4.56. The second kappa shape index (κ2) is 5.17. The van der Waals surface area contributed by atoms with Crippen LogP contribution >= 0.6 is 11.6 Å². The summed E-state index contributed by atoms with van der Waals surface area (Å²) in [6, 6.07) is 6.98. The molecule has 1 N–H and O–H groups in total. The highest BCUT2D eigenvalue weighted by atomic mass is 35.5. The van der Waals surface area contributed by atoms with Crippen LogP contribution in [0.4, 0.5) is 0 Å². The predicted octanol–water partition coefficient (Wildman–Crippen LogP) is 2.03. The van der Waals surface area contributed by atoms with E-state index in [-0.39, 0.29) is 6.04 Å². The Balaban J connectivity index is 3.03. The molecule has 1 rings (SSSR count). The first-order valence-corrected chi connectivity index (χ1v) is 7.31. The summed E-state index contributed by atoms with van der Waals surface area (Å²) in [5.41, 5.74) is 0.921. The number of hydrogen-bond donors (Lipinski definition) is 1. The second-order valence-corrected chi connectivity index (χ2v) is 6.69. The maximum Gasteiger partial charge on any atom is 0.151 e. The largest absolute Gasteiger partial charge is 0.312 e. The molecule has 0 saturated carbocycles. The van der Waals surface area contributed by atoms with E-state index in [4.69, 9.17) is 11.6 Å².